The third kappa shape index (κ3) is 4.14. The van der Waals surface area contributed by atoms with E-state index in [4.69, 9.17) is 14.6 Å². The second-order valence-corrected chi connectivity index (χ2v) is 7.98. The largest absolute Gasteiger partial charge is 0.493 e. The monoisotopic (exact) mass is 430 g/mol. The fourth-order valence-electron chi connectivity index (χ4n) is 3.15. The van der Waals surface area contributed by atoms with Crippen LogP contribution in [0.1, 0.15) is 5.56 Å². The highest BCUT2D eigenvalue weighted by molar-refractivity contribution is 7.89. The lowest BCUT2D eigenvalue weighted by Crippen LogP contribution is -2.22. The maximum atomic E-state index is 12.0. The highest BCUT2D eigenvalue weighted by Crippen LogP contribution is 2.39. The number of benzene rings is 2. The van der Waals surface area contributed by atoms with Crippen LogP contribution in [0.4, 0.5) is 11.4 Å². The number of primary sulfonamides is 1. The van der Waals surface area contributed by atoms with Gasteiger partial charge in [0, 0.05) is 18.5 Å². The molecule has 0 bridgehead atoms. The van der Waals surface area contributed by atoms with Gasteiger partial charge < -0.3 is 19.7 Å². The molecule has 3 rings (SSSR count). The number of hydrogen-bond acceptors (Lipinski definition) is 7. The molecule has 1 amide bonds. The Hall–Kier alpha value is -3.37. The highest BCUT2D eigenvalue weighted by atomic mass is 32.2. The van der Waals surface area contributed by atoms with Gasteiger partial charge in [0.2, 0.25) is 16.4 Å². The van der Waals surface area contributed by atoms with Crippen LogP contribution in [0.25, 0.3) is 10.9 Å². The Morgan fingerprint density at radius 3 is 2.30 bits per heavy atom. The van der Waals surface area contributed by atoms with Crippen LogP contribution in [0.3, 0.4) is 0 Å². The Bertz CT molecular complexity index is 1180. The van der Waals surface area contributed by atoms with Crippen molar-refractivity contribution in [3.05, 3.63) is 48.2 Å². The van der Waals surface area contributed by atoms with Crippen LogP contribution in [-0.2, 0) is 21.4 Å². The van der Waals surface area contributed by atoms with Crippen molar-refractivity contribution in [2.24, 2.45) is 5.14 Å². The topological polar surface area (TPSA) is 124 Å². The van der Waals surface area contributed by atoms with E-state index in [-0.39, 0.29) is 11.4 Å². The van der Waals surface area contributed by atoms with E-state index < -0.39 is 10.0 Å². The first-order valence-electron chi connectivity index (χ1n) is 8.88. The molecule has 0 atom stereocenters. The average Bonchev–Trinajstić information content (AvgIpc) is 2.75. The number of nitrogens with one attached hydrogen (secondary N) is 1. The molecule has 0 aliphatic heterocycles. The molecule has 1 heterocycles. The van der Waals surface area contributed by atoms with E-state index in [1.54, 1.807) is 37.5 Å². The fraction of sp³-hybridized carbons (Fsp3) is 0.200. The Balaban J connectivity index is 2.10. The summed E-state index contributed by atoms with van der Waals surface area (Å²) >= 11 is 0. The molecule has 1 aromatic heterocycles. The second kappa shape index (κ2) is 8.56. The third-order valence-corrected chi connectivity index (χ3v) is 5.56. The second-order valence-electron chi connectivity index (χ2n) is 6.42. The summed E-state index contributed by atoms with van der Waals surface area (Å²) in [5.74, 6) is 1.03. The zero-order chi connectivity index (χ0) is 21.9. The van der Waals surface area contributed by atoms with Crippen LogP contribution in [0.15, 0.2) is 47.5 Å². The third-order valence-electron chi connectivity index (χ3n) is 4.63. The number of amides is 1. The Morgan fingerprint density at radius 1 is 1.13 bits per heavy atom. The van der Waals surface area contributed by atoms with E-state index in [0.29, 0.717) is 40.2 Å². The van der Waals surface area contributed by atoms with Crippen molar-refractivity contribution in [1.82, 2.24) is 4.98 Å². The van der Waals surface area contributed by atoms with Gasteiger partial charge in [0.25, 0.3) is 0 Å². The Morgan fingerprint density at radius 2 is 1.77 bits per heavy atom. The number of sulfonamides is 1. The zero-order valence-electron chi connectivity index (χ0n) is 16.7. The summed E-state index contributed by atoms with van der Waals surface area (Å²) in [4.78, 5) is 18.0. The number of ether oxygens (including phenoxy) is 2. The lowest BCUT2D eigenvalue weighted by atomic mass is 10.1. The summed E-state index contributed by atoms with van der Waals surface area (Å²) in [6, 6.07) is 9.54. The van der Waals surface area contributed by atoms with Crippen LogP contribution in [0.5, 0.6) is 11.5 Å². The molecular weight excluding hydrogens is 408 g/mol. The maximum absolute atomic E-state index is 12.0. The zero-order valence-corrected chi connectivity index (χ0v) is 17.6. The number of anilines is 2. The molecule has 0 aliphatic rings. The molecule has 0 saturated carbocycles. The minimum absolute atomic E-state index is 0.00556. The molecule has 3 aromatic rings. The van der Waals surface area contributed by atoms with Crippen molar-refractivity contribution >= 4 is 38.7 Å². The van der Waals surface area contributed by atoms with Crippen LogP contribution >= 0.6 is 0 Å². The summed E-state index contributed by atoms with van der Waals surface area (Å²) in [7, 11) is 1.01. The van der Waals surface area contributed by atoms with Crippen LogP contribution in [0.2, 0.25) is 0 Å². The van der Waals surface area contributed by atoms with Gasteiger partial charge in [-0.05, 0) is 23.8 Å². The van der Waals surface area contributed by atoms with Gasteiger partial charge >= 0.3 is 0 Å². The number of aromatic nitrogens is 1. The number of pyridine rings is 1. The molecule has 0 unspecified atom stereocenters. The van der Waals surface area contributed by atoms with Crippen molar-refractivity contribution in [3.8, 4) is 11.5 Å². The summed E-state index contributed by atoms with van der Waals surface area (Å²) in [5.41, 5.74) is 2.59. The van der Waals surface area contributed by atoms with Gasteiger partial charge in [0.05, 0.1) is 48.7 Å². The van der Waals surface area contributed by atoms with E-state index in [0.717, 1.165) is 5.56 Å². The molecule has 30 heavy (non-hydrogen) atoms. The van der Waals surface area contributed by atoms with Gasteiger partial charge in [0.1, 0.15) is 0 Å². The SMILES string of the molecule is CNc1cnc2cc(OC)c(OC)cc2c1N(C=O)Cc1ccc(S(N)(=O)=O)cc1. The molecule has 0 saturated heterocycles. The maximum Gasteiger partial charge on any atom is 0.238 e. The smallest absolute Gasteiger partial charge is 0.238 e. The number of carbonyl (C=O) groups excluding carboxylic acids is 1. The van der Waals surface area contributed by atoms with E-state index in [2.05, 4.69) is 10.3 Å². The molecular formula is C20H22N4O5S. The normalized spacial score (nSPS) is 11.2. The predicted molar refractivity (Wildman–Crippen MR) is 114 cm³/mol. The Kier molecular flexibility index (Phi) is 6.09. The van der Waals surface area contributed by atoms with Crippen molar-refractivity contribution in [2.75, 3.05) is 31.5 Å². The van der Waals surface area contributed by atoms with Gasteiger partial charge in [-0.2, -0.15) is 0 Å². The van der Waals surface area contributed by atoms with Gasteiger partial charge in [-0.3, -0.25) is 9.78 Å². The minimum atomic E-state index is -3.79. The van der Waals surface area contributed by atoms with Gasteiger partial charge in [-0.25, -0.2) is 13.6 Å². The number of carbonyl (C=O) groups is 1. The van der Waals surface area contributed by atoms with Gasteiger partial charge in [-0.1, -0.05) is 12.1 Å². The molecule has 9 nitrogen and oxygen atoms in total. The van der Waals surface area contributed by atoms with Gasteiger partial charge in [0.15, 0.2) is 11.5 Å². The number of nitrogens with zero attached hydrogens (tertiary/aromatic N) is 2. The molecule has 0 fully saturated rings. The molecule has 158 valence electrons. The van der Waals surface area contributed by atoms with Crippen molar-refractivity contribution in [3.63, 3.8) is 0 Å². The molecule has 3 N–H and O–H groups in total. The molecule has 10 heteroatoms. The van der Waals surface area contributed by atoms with E-state index in [1.807, 2.05) is 0 Å². The quantitative estimate of drug-likeness (QED) is 0.525. The first-order chi connectivity index (χ1) is 14.3. The van der Waals surface area contributed by atoms with Crippen LogP contribution in [0, 0.1) is 0 Å². The first kappa shape index (κ1) is 21.3. The molecule has 2 aromatic carbocycles. The van der Waals surface area contributed by atoms with E-state index >= 15 is 0 Å². The summed E-state index contributed by atoms with van der Waals surface area (Å²) in [5, 5.41) is 8.88. The van der Waals surface area contributed by atoms with E-state index in [9.17, 15) is 13.2 Å². The summed E-state index contributed by atoms with van der Waals surface area (Å²) in [6.45, 7) is 0.205. The number of hydrogen-bond donors (Lipinski definition) is 2. The van der Waals surface area contributed by atoms with Crippen LogP contribution in [-0.4, -0.2) is 41.1 Å². The summed E-state index contributed by atoms with van der Waals surface area (Å²) in [6.07, 6.45) is 2.34. The number of fused-ring (bicyclic) bond motifs is 1. The van der Waals surface area contributed by atoms with Crippen molar-refractivity contribution in [1.29, 1.82) is 0 Å². The lowest BCUT2D eigenvalue weighted by molar-refractivity contribution is -0.107. The Labute approximate surface area is 174 Å². The number of rotatable bonds is 8. The predicted octanol–water partition coefficient (Wildman–Crippen LogP) is 2.10. The fourth-order valence-corrected chi connectivity index (χ4v) is 3.66. The molecule has 0 spiro atoms. The molecule has 0 aliphatic carbocycles. The number of methoxy groups -OCH3 is 2. The van der Waals surface area contributed by atoms with Crippen molar-refractivity contribution in [2.45, 2.75) is 11.4 Å². The summed E-state index contributed by atoms with van der Waals surface area (Å²) < 4.78 is 33.7. The minimum Gasteiger partial charge on any atom is -0.493 e. The highest BCUT2D eigenvalue weighted by Gasteiger charge is 2.19. The number of nitrogens with two attached hydrogens (primary N) is 1. The lowest BCUT2D eigenvalue weighted by Gasteiger charge is -2.23. The molecule has 0 radical (unpaired) electrons. The van der Waals surface area contributed by atoms with Crippen LogP contribution < -0.4 is 24.8 Å². The van der Waals surface area contributed by atoms with Crippen molar-refractivity contribution < 1.29 is 22.7 Å². The van der Waals surface area contributed by atoms with Gasteiger partial charge in [-0.15, -0.1) is 0 Å². The first-order valence-corrected chi connectivity index (χ1v) is 10.4. The standard InChI is InChI=1S/C20H22N4O5S/c1-22-17-10-23-16-9-19(29-3)18(28-2)8-15(16)20(17)24(12-25)11-13-4-6-14(7-5-13)30(21,26)27/h4-10,12,22H,11H2,1-3H3,(H2,21,26,27). The van der Waals surface area contributed by atoms with E-state index in [1.165, 1.54) is 31.3 Å². The average molecular weight is 430 g/mol.